The Morgan fingerprint density at radius 3 is 2.56 bits per heavy atom. The van der Waals surface area contributed by atoms with Crippen LogP contribution in [-0.2, 0) is 27.2 Å². The third-order valence-corrected chi connectivity index (χ3v) is 7.82. The van der Waals surface area contributed by atoms with Crippen LogP contribution in [-0.4, -0.2) is 74.4 Å². The predicted octanol–water partition coefficient (Wildman–Crippen LogP) is 5.32. The molecule has 0 bridgehead atoms. The van der Waals surface area contributed by atoms with Gasteiger partial charge in [0.15, 0.2) is 0 Å². The number of nitrogens with zero attached hydrogens (tertiary/aromatic N) is 3. The smallest absolute Gasteiger partial charge is 0.410 e. The first-order chi connectivity index (χ1) is 19.2. The SMILES string of the molecule is CC(C)c1c[nH]c2ncc(-c3cc4c(c([C@@H]5COCCN5C(=O)OC(C)(C)C)c3)CN(C(=O)C(C)(C)O)CC4)cc12. The first-order valence-electron chi connectivity index (χ1n) is 14.4. The van der Waals surface area contributed by atoms with E-state index in [9.17, 15) is 14.7 Å². The molecule has 220 valence electrons. The number of aromatic nitrogens is 2. The number of fused-ring (bicyclic) bond motifs is 2. The quantitative estimate of drug-likeness (QED) is 0.446. The number of aromatic amines is 1. The van der Waals surface area contributed by atoms with Gasteiger partial charge in [0.2, 0.25) is 0 Å². The largest absolute Gasteiger partial charge is 0.444 e. The van der Waals surface area contributed by atoms with Crippen LogP contribution in [0.1, 0.15) is 82.7 Å². The molecule has 0 radical (unpaired) electrons. The van der Waals surface area contributed by atoms with Gasteiger partial charge in [0.1, 0.15) is 16.8 Å². The van der Waals surface area contributed by atoms with E-state index in [-0.39, 0.29) is 18.0 Å². The van der Waals surface area contributed by atoms with Crippen molar-refractivity contribution in [3.63, 3.8) is 0 Å². The fourth-order valence-corrected chi connectivity index (χ4v) is 5.78. The summed E-state index contributed by atoms with van der Waals surface area (Å²) in [6.07, 6.45) is 4.15. The molecule has 2 amide bonds. The normalized spacial score (nSPS) is 18.1. The van der Waals surface area contributed by atoms with Gasteiger partial charge < -0.3 is 24.5 Å². The average molecular weight is 563 g/mol. The molecule has 0 spiro atoms. The highest BCUT2D eigenvalue weighted by atomic mass is 16.6. The maximum absolute atomic E-state index is 13.4. The zero-order chi connectivity index (χ0) is 29.7. The Morgan fingerprint density at radius 1 is 1.12 bits per heavy atom. The Balaban J connectivity index is 1.63. The number of ether oxygens (including phenoxy) is 2. The van der Waals surface area contributed by atoms with Crippen molar-refractivity contribution in [1.29, 1.82) is 0 Å². The first kappa shape index (κ1) is 29.1. The lowest BCUT2D eigenvalue weighted by atomic mass is 9.86. The molecule has 1 saturated heterocycles. The van der Waals surface area contributed by atoms with Gasteiger partial charge in [-0.15, -0.1) is 0 Å². The molecule has 9 nitrogen and oxygen atoms in total. The second-order valence-electron chi connectivity index (χ2n) is 13.0. The minimum atomic E-state index is -1.47. The highest BCUT2D eigenvalue weighted by molar-refractivity contribution is 5.86. The van der Waals surface area contributed by atoms with Crippen molar-refractivity contribution in [2.45, 2.75) is 84.6 Å². The number of pyridine rings is 1. The van der Waals surface area contributed by atoms with E-state index in [1.165, 1.54) is 19.4 Å². The van der Waals surface area contributed by atoms with Gasteiger partial charge in [-0.05, 0) is 86.9 Å². The van der Waals surface area contributed by atoms with Crippen LogP contribution in [0.5, 0.6) is 0 Å². The number of rotatable bonds is 4. The molecule has 41 heavy (non-hydrogen) atoms. The summed E-state index contributed by atoms with van der Waals surface area (Å²) in [5.41, 5.74) is 4.97. The first-order valence-corrected chi connectivity index (χ1v) is 14.4. The van der Waals surface area contributed by atoms with Gasteiger partial charge in [-0.3, -0.25) is 9.69 Å². The van der Waals surface area contributed by atoms with Gasteiger partial charge in [-0.1, -0.05) is 19.9 Å². The van der Waals surface area contributed by atoms with Crippen LogP contribution in [0.25, 0.3) is 22.2 Å². The molecule has 2 aromatic heterocycles. The maximum Gasteiger partial charge on any atom is 0.410 e. The molecule has 1 aromatic carbocycles. The molecule has 2 aliphatic rings. The zero-order valence-corrected chi connectivity index (χ0v) is 25.2. The van der Waals surface area contributed by atoms with E-state index >= 15 is 0 Å². The molecule has 0 unspecified atom stereocenters. The van der Waals surface area contributed by atoms with Crippen LogP contribution in [0, 0.1) is 0 Å². The van der Waals surface area contributed by atoms with Gasteiger partial charge in [-0.2, -0.15) is 0 Å². The monoisotopic (exact) mass is 562 g/mol. The van der Waals surface area contributed by atoms with Gasteiger partial charge in [0, 0.05) is 43.0 Å². The predicted molar refractivity (Wildman–Crippen MR) is 158 cm³/mol. The van der Waals surface area contributed by atoms with E-state index in [1.807, 2.05) is 33.2 Å². The Kier molecular flexibility index (Phi) is 7.63. The summed E-state index contributed by atoms with van der Waals surface area (Å²) in [5, 5.41) is 11.6. The lowest BCUT2D eigenvalue weighted by Gasteiger charge is -2.40. The number of H-pyrrole nitrogens is 1. The molecule has 9 heteroatoms. The molecule has 0 saturated carbocycles. The molecule has 1 fully saturated rings. The molecule has 5 rings (SSSR count). The summed E-state index contributed by atoms with van der Waals surface area (Å²) in [4.78, 5) is 37.9. The van der Waals surface area contributed by atoms with Crippen molar-refractivity contribution < 1.29 is 24.2 Å². The minimum Gasteiger partial charge on any atom is -0.444 e. The standard InChI is InChI=1S/C32H42N4O5/c1-19(2)25-16-34-28-24(25)14-22(15-33-28)21-12-20-8-9-35(29(37)32(6,7)39)17-26(20)23(13-21)27-18-40-11-10-36(27)30(38)41-31(3,4)5/h12-16,19,27,39H,8-11,17-18H2,1-7H3,(H,33,34)/t27-/m0/s1. The van der Waals surface area contributed by atoms with Crippen LogP contribution in [0.3, 0.4) is 0 Å². The average Bonchev–Trinajstić information content (AvgIpc) is 3.34. The second kappa shape index (κ2) is 10.8. The number of benzene rings is 1. The van der Waals surface area contributed by atoms with E-state index in [0.717, 1.165) is 38.9 Å². The topological polar surface area (TPSA) is 108 Å². The van der Waals surface area contributed by atoms with Crippen LogP contribution >= 0.6 is 0 Å². The molecular weight excluding hydrogens is 520 g/mol. The van der Waals surface area contributed by atoms with E-state index in [4.69, 9.17) is 14.5 Å². The fraction of sp³-hybridized carbons (Fsp3) is 0.531. The molecule has 0 aliphatic carbocycles. The molecule has 2 N–H and O–H groups in total. The Hall–Kier alpha value is -3.43. The summed E-state index contributed by atoms with van der Waals surface area (Å²) in [7, 11) is 0. The number of aliphatic hydroxyl groups is 1. The van der Waals surface area contributed by atoms with Crippen molar-refractivity contribution in [2.75, 3.05) is 26.3 Å². The number of nitrogens with one attached hydrogen (secondary N) is 1. The van der Waals surface area contributed by atoms with E-state index in [0.29, 0.717) is 45.2 Å². The lowest BCUT2D eigenvalue weighted by Crippen LogP contribution is -2.48. The van der Waals surface area contributed by atoms with E-state index in [1.54, 1.807) is 9.80 Å². The highest BCUT2D eigenvalue weighted by Crippen LogP contribution is 2.38. The Morgan fingerprint density at radius 2 is 1.88 bits per heavy atom. The number of hydrogen-bond donors (Lipinski definition) is 2. The molecule has 4 heterocycles. The third kappa shape index (κ3) is 5.97. The number of morpholine rings is 1. The molecule has 2 aliphatic heterocycles. The molecular formula is C32H42N4O5. The number of carbonyl (C=O) groups excluding carboxylic acids is 2. The number of amides is 2. The van der Waals surface area contributed by atoms with Gasteiger partial charge >= 0.3 is 6.09 Å². The summed E-state index contributed by atoms with van der Waals surface area (Å²) in [5.74, 6) is 0.0337. The van der Waals surface area contributed by atoms with Crippen molar-refractivity contribution >= 4 is 23.0 Å². The van der Waals surface area contributed by atoms with E-state index < -0.39 is 11.2 Å². The van der Waals surface area contributed by atoms with Gasteiger partial charge in [-0.25, -0.2) is 9.78 Å². The van der Waals surface area contributed by atoms with Crippen molar-refractivity contribution in [3.05, 3.63) is 52.8 Å². The fourth-order valence-electron chi connectivity index (χ4n) is 5.78. The van der Waals surface area contributed by atoms with Crippen LogP contribution < -0.4 is 0 Å². The van der Waals surface area contributed by atoms with E-state index in [2.05, 4.69) is 37.0 Å². The minimum absolute atomic E-state index is 0.314. The summed E-state index contributed by atoms with van der Waals surface area (Å²) < 4.78 is 11.7. The van der Waals surface area contributed by atoms with Crippen molar-refractivity contribution in [3.8, 4) is 11.1 Å². The molecule has 1 atom stereocenters. The van der Waals surface area contributed by atoms with Crippen LogP contribution in [0.2, 0.25) is 0 Å². The number of carbonyl (C=O) groups is 2. The van der Waals surface area contributed by atoms with Crippen molar-refractivity contribution in [2.24, 2.45) is 0 Å². The highest BCUT2D eigenvalue weighted by Gasteiger charge is 2.37. The summed E-state index contributed by atoms with van der Waals surface area (Å²) in [6.45, 7) is 14.9. The Bertz CT molecular complexity index is 1460. The lowest BCUT2D eigenvalue weighted by molar-refractivity contribution is -0.148. The number of hydrogen-bond acceptors (Lipinski definition) is 6. The van der Waals surface area contributed by atoms with Gasteiger partial charge in [0.05, 0.1) is 19.3 Å². The third-order valence-electron chi connectivity index (χ3n) is 7.82. The zero-order valence-electron chi connectivity index (χ0n) is 25.2. The second-order valence-corrected chi connectivity index (χ2v) is 13.0. The van der Waals surface area contributed by atoms with Gasteiger partial charge in [0.25, 0.3) is 5.91 Å². The summed E-state index contributed by atoms with van der Waals surface area (Å²) in [6, 6.07) is 6.07. The summed E-state index contributed by atoms with van der Waals surface area (Å²) >= 11 is 0. The van der Waals surface area contributed by atoms with Crippen LogP contribution in [0.4, 0.5) is 4.79 Å². The molecule has 3 aromatic rings. The van der Waals surface area contributed by atoms with Crippen molar-refractivity contribution in [1.82, 2.24) is 19.8 Å². The Labute approximate surface area is 241 Å². The maximum atomic E-state index is 13.4. The van der Waals surface area contributed by atoms with Crippen LogP contribution in [0.15, 0.2) is 30.6 Å².